The third kappa shape index (κ3) is 3.79. The molecule has 0 bridgehead atoms. The van der Waals surface area contributed by atoms with Gasteiger partial charge in [0.15, 0.2) is 0 Å². The molecule has 1 unspecified atom stereocenters. The van der Waals surface area contributed by atoms with Crippen molar-refractivity contribution < 1.29 is 0 Å². The number of hydrogen-bond donors (Lipinski definition) is 1. The Kier molecular flexibility index (Phi) is 5.17. The van der Waals surface area contributed by atoms with Crippen LogP contribution in [-0.4, -0.2) is 42.6 Å². The van der Waals surface area contributed by atoms with Crippen LogP contribution in [0.4, 0.5) is 0 Å². The molecule has 3 rings (SSSR count). The predicted octanol–water partition coefficient (Wildman–Crippen LogP) is 3.37. The van der Waals surface area contributed by atoms with E-state index in [4.69, 9.17) is 0 Å². The summed E-state index contributed by atoms with van der Waals surface area (Å²) in [5, 5.41) is 6.40. The van der Waals surface area contributed by atoms with Crippen LogP contribution in [0.3, 0.4) is 0 Å². The topological polar surface area (TPSA) is 15.3 Å². The standard InChI is InChI=1S/C18H24N2S/c1-21-12-9-17-14-20(11-10-19-17)13-16-7-4-6-15-5-2-3-8-18(15)16/h2-8,17,19H,9-14H2,1H3. The summed E-state index contributed by atoms with van der Waals surface area (Å²) in [4.78, 5) is 2.60. The van der Waals surface area contributed by atoms with E-state index in [0.29, 0.717) is 6.04 Å². The van der Waals surface area contributed by atoms with Crippen LogP contribution in [-0.2, 0) is 6.54 Å². The second-order valence-electron chi connectivity index (χ2n) is 5.81. The van der Waals surface area contributed by atoms with Gasteiger partial charge in [-0.25, -0.2) is 0 Å². The van der Waals surface area contributed by atoms with Crippen LogP contribution in [0.15, 0.2) is 42.5 Å². The number of rotatable bonds is 5. The highest BCUT2D eigenvalue weighted by Crippen LogP contribution is 2.20. The molecular formula is C18H24N2S. The molecule has 1 atom stereocenters. The van der Waals surface area contributed by atoms with Gasteiger partial charge in [-0.05, 0) is 34.8 Å². The highest BCUT2D eigenvalue weighted by Gasteiger charge is 2.19. The van der Waals surface area contributed by atoms with Crippen LogP contribution in [0.25, 0.3) is 10.8 Å². The minimum Gasteiger partial charge on any atom is -0.311 e. The van der Waals surface area contributed by atoms with E-state index in [1.54, 1.807) is 0 Å². The molecule has 2 aromatic carbocycles. The number of piperazine rings is 1. The average molecular weight is 300 g/mol. The van der Waals surface area contributed by atoms with Crippen molar-refractivity contribution in [2.75, 3.05) is 31.6 Å². The summed E-state index contributed by atoms with van der Waals surface area (Å²) >= 11 is 1.94. The molecule has 1 N–H and O–H groups in total. The lowest BCUT2D eigenvalue weighted by molar-refractivity contribution is 0.191. The fourth-order valence-electron chi connectivity index (χ4n) is 3.16. The molecule has 2 aromatic rings. The van der Waals surface area contributed by atoms with Crippen molar-refractivity contribution >= 4 is 22.5 Å². The number of nitrogens with one attached hydrogen (secondary N) is 1. The van der Waals surface area contributed by atoms with Gasteiger partial charge in [-0.3, -0.25) is 4.90 Å². The van der Waals surface area contributed by atoms with E-state index in [0.717, 1.165) is 19.6 Å². The Labute approximate surface area is 131 Å². The van der Waals surface area contributed by atoms with Crippen LogP contribution in [0.2, 0.25) is 0 Å². The number of nitrogens with zero attached hydrogens (tertiary/aromatic N) is 1. The Morgan fingerprint density at radius 2 is 2.05 bits per heavy atom. The Balaban J connectivity index is 1.70. The van der Waals surface area contributed by atoms with E-state index < -0.39 is 0 Å². The second kappa shape index (κ2) is 7.30. The van der Waals surface area contributed by atoms with Crippen LogP contribution in [0.1, 0.15) is 12.0 Å². The first-order chi connectivity index (χ1) is 10.4. The lowest BCUT2D eigenvalue weighted by Gasteiger charge is -2.34. The normalized spacial score (nSPS) is 20.0. The van der Waals surface area contributed by atoms with Crippen LogP contribution >= 0.6 is 11.8 Å². The van der Waals surface area contributed by atoms with Gasteiger partial charge < -0.3 is 5.32 Å². The molecule has 2 nitrogen and oxygen atoms in total. The van der Waals surface area contributed by atoms with Gasteiger partial charge in [0, 0.05) is 32.2 Å². The largest absolute Gasteiger partial charge is 0.311 e. The third-order valence-electron chi connectivity index (χ3n) is 4.28. The maximum atomic E-state index is 3.65. The Morgan fingerprint density at radius 3 is 2.95 bits per heavy atom. The molecule has 0 saturated carbocycles. The highest BCUT2D eigenvalue weighted by atomic mass is 32.2. The summed E-state index contributed by atoms with van der Waals surface area (Å²) in [6, 6.07) is 16.0. The zero-order valence-corrected chi connectivity index (χ0v) is 13.5. The Bertz CT molecular complexity index is 579. The molecule has 0 aromatic heterocycles. The van der Waals surface area contributed by atoms with Gasteiger partial charge in [0.1, 0.15) is 0 Å². The average Bonchev–Trinajstić information content (AvgIpc) is 2.54. The molecule has 3 heteroatoms. The maximum absolute atomic E-state index is 3.65. The lowest BCUT2D eigenvalue weighted by atomic mass is 10.0. The first-order valence-electron chi connectivity index (χ1n) is 7.78. The van der Waals surface area contributed by atoms with Crippen LogP contribution in [0, 0.1) is 0 Å². The number of hydrogen-bond acceptors (Lipinski definition) is 3. The molecule has 1 aliphatic rings. The van der Waals surface area contributed by atoms with Crippen molar-refractivity contribution in [2.24, 2.45) is 0 Å². The highest BCUT2D eigenvalue weighted by molar-refractivity contribution is 7.98. The predicted molar refractivity (Wildman–Crippen MR) is 94.0 cm³/mol. The summed E-state index contributed by atoms with van der Waals surface area (Å²) in [6.45, 7) is 4.51. The summed E-state index contributed by atoms with van der Waals surface area (Å²) in [5.74, 6) is 1.25. The minimum atomic E-state index is 0.654. The van der Waals surface area contributed by atoms with E-state index in [-0.39, 0.29) is 0 Å². The van der Waals surface area contributed by atoms with Crippen molar-refractivity contribution in [1.82, 2.24) is 10.2 Å². The first-order valence-corrected chi connectivity index (χ1v) is 9.17. The van der Waals surface area contributed by atoms with Crippen molar-refractivity contribution in [2.45, 2.75) is 19.0 Å². The number of benzene rings is 2. The summed E-state index contributed by atoms with van der Waals surface area (Å²) < 4.78 is 0. The van der Waals surface area contributed by atoms with Gasteiger partial charge >= 0.3 is 0 Å². The quantitative estimate of drug-likeness (QED) is 0.911. The zero-order valence-electron chi connectivity index (χ0n) is 12.7. The molecule has 0 spiro atoms. The van der Waals surface area contributed by atoms with E-state index >= 15 is 0 Å². The van der Waals surface area contributed by atoms with Crippen LogP contribution < -0.4 is 5.32 Å². The van der Waals surface area contributed by atoms with E-state index in [9.17, 15) is 0 Å². The molecule has 0 aliphatic carbocycles. The third-order valence-corrected chi connectivity index (χ3v) is 4.93. The minimum absolute atomic E-state index is 0.654. The Hall–Kier alpha value is -1.03. The van der Waals surface area contributed by atoms with Gasteiger partial charge in [0.2, 0.25) is 0 Å². The Morgan fingerprint density at radius 1 is 1.19 bits per heavy atom. The van der Waals surface area contributed by atoms with Gasteiger partial charge in [-0.2, -0.15) is 11.8 Å². The fraction of sp³-hybridized carbons (Fsp3) is 0.444. The van der Waals surface area contributed by atoms with E-state index in [1.165, 1.54) is 35.1 Å². The molecule has 112 valence electrons. The van der Waals surface area contributed by atoms with Crippen molar-refractivity contribution in [3.63, 3.8) is 0 Å². The maximum Gasteiger partial charge on any atom is 0.0241 e. The van der Waals surface area contributed by atoms with Gasteiger partial charge in [-0.15, -0.1) is 0 Å². The van der Waals surface area contributed by atoms with Gasteiger partial charge in [0.05, 0.1) is 0 Å². The molecule has 1 aliphatic heterocycles. The van der Waals surface area contributed by atoms with Gasteiger partial charge in [-0.1, -0.05) is 42.5 Å². The van der Waals surface area contributed by atoms with Crippen molar-refractivity contribution in [3.05, 3.63) is 48.0 Å². The second-order valence-corrected chi connectivity index (χ2v) is 6.79. The van der Waals surface area contributed by atoms with E-state index in [1.807, 2.05) is 11.8 Å². The molecule has 1 heterocycles. The SMILES string of the molecule is CSCCC1CN(Cc2cccc3ccccc23)CCN1. The smallest absolute Gasteiger partial charge is 0.0241 e. The molecule has 1 saturated heterocycles. The molecule has 0 amide bonds. The van der Waals surface area contributed by atoms with Crippen LogP contribution in [0.5, 0.6) is 0 Å². The molecule has 0 radical (unpaired) electrons. The van der Waals surface area contributed by atoms with E-state index in [2.05, 4.69) is 58.9 Å². The first kappa shape index (κ1) is 14.9. The molecular weight excluding hydrogens is 276 g/mol. The number of fused-ring (bicyclic) bond motifs is 1. The monoisotopic (exact) mass is 300 g/mol. The fourth-order valence-corrected chi connectivity index (χ4v) is 3.68. The molecule has 21 heavy (non-hydrogen) atoms. The lowest BCUT2D eigenvalue weighted by Crippen LogP contribution is -2.50. The summed E-state index contributed by atoms with van der Waals surface area (Å²) in [5.41, 5.74) is 1.46. The van der Waals surface area contributed by atoms with Crippen molar-refractivity contribution in [3.8, 4) is 0 Å². The summed E-state index contributed by atoms with van der Waals surface area (Å²) in [6.07, 6.45) is 3.46. The zero-order chi connectivity index (χ0) is 14.5. The van der Waals surface area contributed by atoms with Crippen molar-refractivity contribution in [1.29, 1.82) is 0 Å². The summed E-state index contributed by atoms with van der Waals surface area (Å²) in [7, 11) is 0. The number of thioether (sulfide) groups is 1. The molecule has 1 fully saturated rings. The van der Waals surface area contributed by atoms with Gasteiger partial charge in [0.25, 0.3) is 0 Å².